The summed E-state index contributed by atoms with van der Waals surface area (Å²) in [6, 6.07) is 8.76. The van der Waals surface area contributed by atoms with Gasteiger partial charge in [0.25, 0.3) is 10.0 Å². The minimum Gasteiger partial charge on any atom is -0.308 e. The number of sulfonamides is 1. The van der Waals surface area contributed by atoms with Gasteiger partial charge in [-0.2, -0.15) is 5.26 Å². The third-order valence-corrected chi connectivity index (χ3v) is 4.21. The largest absolute Gasteiger partial charge is 0.308 e. The van der Waals surface area contributed by atoms with Gasteiger partial charge >= 0.3 is 0 Å². The van der Waals surface area contributed by atoms with Crippen LogP contribution in [0.15, 0.2) is 41.4 Å². The number of nitrogens with two attached hydrogens (primary N) is 1. The van der Waals surface area contributed by atoms with Gasteiger partial charge in [-0.25, -0.2) is 19.2 Å². The Kier molecular flexibility index (Phi) is 4.28. The van der Waals surface area contributed by atoms with E-state index in [1.807, 2.05) is 6.07 Å². The van der Waals surface area contributed by atoms with Crippen LogP contribution >= 0.6 is 11.6 Å². The van der Waals surface area contributed by atoms with Crippen LogP contribution in [0.2, 0.25) is 5.02 Å². The van der Waals surface area contributed by atoms with Gasteiger partial charge in [-0.1, -0.05) is 11.6 Å². The summed E-state index contributed by atoms with van der Waals surface area (Å²) in [5.41, 5.74) is 2.77. The number of rotatable bonds is 4. The maximum Gasteiger partial charge on any atom is 0.262 e. The zero-order chi connectivity index (χ0) is 15.5. The van der Waals surface area contributed by atoms with Crippen LogP contribution in [0.25, 0.3) is 0 Å². The second-order valence-electron chi connectivity index (χ2n) is 3.93. The zero-order valence-electron chi connectivity index (χ0n) is 10.5. The first-order valence-corrected chi connectivity index (χ1v) is 7.47. The highest BCUT2D eigenvalue weighted by Gasteiger charge is 2.16. The number of nitrogens with one attached hydrogen (secondary N) is 2. The molecule has 2 rings (SSSR count). The molecular weight excluding hydrogens is 314 g/mol. The van der Waals surface area contributed by atoms with Gasteiger partial charge < -0.3 is 5.43 Å². The molecule has 1 aromatic carbocycles. The Bertz CT molecular complexity index is 817. The van der Waals surface area contributed by atoms with Crippen molar-refractivity contribution in [3.8, 4) is 6.07 Å². The van der Waals surface area contributed by atoms with Crippen LogP contribution in [0.5, 0.6) is 0 Å². The molecule has 4 N–H and O–H groups in total. The predicted octanol–water partition coefficient (Wildman–Crippen LogP) is 1.69. The van der Waals surface area contributed by atoms with E-state index < -0.39 is 10.0 Å². The van der Waals surface area contributed by atoms with Crippen LogP contribution in [0.4, 0.5) is 11.5 Å². The Balaban J connectivity index is 2.35. The molecule has 0 aliphatic carbocycles. The Morgan fingerprint density at radius 2 is 2.05 bits per heavy atom. The molecule has 1 aromatic heterocycles. The predicted molar refractivity (Wildman–Crippen MR) is 79.0 cm³/mol. The Hall–Kier alpha value is -2.34. The van der Waals surface area contributed by atoms with E-state index in [-0.39, 0.29) is 21.4 Å². The normalized spacial score (nSPS) is 10.7. The van der Waals surface area contributed by atoms with Gasteiger partial charge in [-0.15, -0.1) is 0 Å². The van der Waals surface area contributed by atoms with E-state index in [0.717, 1.165) is 0 Å². The zero-order valence-corrected chi connectivity index (χ0v) is 12.1. The smallest absolute Gasteiger partial charge is 0.262 e. The van der Waals surface area contributed by atoms with Crippen LogP contribution in [0, 0.1) is 11.3 Å². The molecule has 108 valence electrons. The number of hydrogen-bond acceptors (Lipinski definition) is 6. The number of anilines is 2. The van der Waals surface area contributed by atoms with E-state index in [4.69, 9.17) is 22.7 Å². The fourth-order valence-electron chi connectivity index (χ4n) is 1.53. The van der Waals surface area contributed by atoms with Gasteiger partial charge in [-0.3, -0.25) is 4.72 Å². The highest BCUT2D eigenvalue weighted by Crippen LogP contribution is 2.25. The summed E-state index contributed by atoms with van der Waals surface area (Å²) >= 11 is 5.94. The molecule has 0 amide bonds. The molecule has 0 aliphatic heterocycles. The molecule has 0 spiro atoms. The Morgan fingerprint density at radius 1 is 1.29 bits per heavy atom. The first kappa shape index (κ1) is 15.1. The molecule has 0 aliphatic rings. The van der Waals surface area contributed by atoms with Crippen molar-refractivity contribution in [1.82, 2.24) is 4.98 Å². The number of hydrazine groups is 1. The molecule has 0 bridgehead atoms. The molecule has 0 atom stereocenters. The van der Waals surface area contributed by atoms with Crippen LogP contribution in [-0.2, 0) is 10.0 Å². The van der Waals surface area contributed by atoms with Crippen LogP contribution in [-0.4, -0.2) is 13.4 Å². The topological polar surface area (TPSA) is 121 Å². The number of nitriles is 1. The second kappa shape index (κ2) is 5.97. The fraction of sp³-hybridized carbons (Fsp3) is 0. The average Bonchev–Trinajstić information content (AvgIpc) is 2.49. The van der Waals surface area contributed by atoms with Crippen molar-refractivity contribution in [3.63, 3.8) is 0 Å². The molecule has 0 unspecified atom stereocenters. The molecule has 0 saturated carbocycles. The number of halogens is 1. The highest BCUT2D eigenvalue weighted by atomic mass is 35.5. The lowest BCUT2D eigenvalue weighted by Gasteiger charge is -2.10. The standard InChI is InChI=1S/C12H10ClN5O2S/c13-10-5-8(7-14)1-2-11(10)18-21(19,20)9-3-4-16-12(6-9)17-15/h1-6,18H,15H2,(H,16,17). The third-order valence-electron chi connectivity index (χ3n) is 2.53. The summed E-state index contributed by atoms with van der Waals surface area (Å²) < 4.78 is 26.8. The lowest BCUT2D eigenvalue weighted by atomic mass is 10.2. The molecule has 21 heavy (non-hydrogen) atoms. The SMILES string of the molecule is N#Cc1ccc(NS(=O)(=O)c2ccnc(NN)c2)c(Cl)c1. The van der Waals surface area contributed by atoms with Crippen molar-refractivity contribution in [2.75, 3.05) is 10.1 Å². The van der Waals surface area contributed by atoms with E-state index in [1.165, 1.54) is 36.5 Å². The number of hydrogen-bond donors (Lipinski definition) is 3. The van der Waals surface area contributed by atoms with Gasteiger partial charge in [0.2, 0.25) is 0 Å². The second-order valence-corrected chi connectivity index (χ2v) is 6.02. The van der Waals surface area contributed by atoms with Crippen LogP contribution < -0.4 is 16.0 Å². The van der Waals surface area contributed by atoms with Crippen LogP contribution in [0.3, 0.4) is 0 Å². The maximum atomic E-state index is 12.2. The molecule has 7 nitrogen and oxygen atoms in total. The maximum absolute atomic E-state index is 12.2. The van der Waals surface area contributed by atoms with Gasteiger partial charge in [0.1, 0.15) is 5.82 Å². The number of nitrogens with zero attached hydrogens (tertiary/aromatic N) is 2. The van der Waals surface area contributed by atoms with Crippen molar-refractivity contribution < 1.29 is 8.42 Å². The summed E-state index contributed by atoms with van der Waals surface area (Å²) in [5, 5.41) is 8.88. The molecule has 0 fully saturated rings. The summed E-state index contributed by atoms with van der Waals surface area (Å²) in [6.07, 6.45) is 1.31. The molecular formula is C12H10ClN5O2S. The monoisotopic (exact) mass is 323 g/mol. The lowest BCUT2D eigenvalue weighted by Crippen LogP contribution is -2.15. The molecule has 0 radical (unpaired) electrons. The molecule has 2 aromatic rings. The van der Waals surface area contributed by atoms with E-state index in [0.29, 0.717) is 5.56 Å². The Morgan fingerprint density at radius 3 is 2.67 bits per heavy atom. The van der Waals surface area contributed by atoms with Gasteiger partial charge in [0.05, 0.1) is 27.2 Å². The number of benzene rings is 1. The molecule has 1 heterocycles. The lowest BCUT2D eigenvalue weighted by molar-refractivity contribution is 0.601. The number of aromatic nitrogens is 1. The van der Waals surface area contributed by atoms with E-state index in [1.54, 1.807) is 0 Å². The van der Waals surface area contributed by atoms with Crippen molar-refractivity contribution in [1.29, 1.82) is 5.26 Å². The quantitative estimate of drug-likeness (QED) is 0.581. The first-order valence-electron chi connectivity index (χ1n) is 5.61. The summed E-state index contributed by atoms with van der Waals surface area (Å²) in [7, 11) is -3.84. The van der Waals surface area contributed by atoms with Gasteiger partial charge in [0, 0.05) is 12.3 Å². The van der Waals surface area contributed by atoms with E-state index >= 15 is 0 Å². The highest BCUT2D eigenvalue weighted by molar-refractivity contribution is 7.92. The van der Waals surface area contributed by atoms with Crippen molar-refractivity contribution in [2.45, 2.75) is 4.90 Å². The average molecular weight is 324 g/mol. The third kappa shape index (κ3) is 3.41. The van der Waals surface area contributed by atoms with Gasteiger partial charge in [0.15, 0.2) is 0 Å². The van der Waals surface area contributed by atoms with Crippen LogP contribution in [0.1, 0.15) is 5.56 Å². The van der Waals surface area contributed by atoms with Gasteiger partial charge in [-0.05, 0) is 24.3 Å². The minimum absolute atomic E-state index is 0.0223. The summed E-state index contributed by atoms with van der Waals surface area (Å²) in [4.78, 5) is 3.81. The van der Waals surface area contributed by atoms with Crippen molar-refractivity contribution in [3.05, 3.63) is 47.1 Å². The fourth-order valence-corrected chi connectivity index (χ4v) is 2.90. The molecule has 0 saturated heterocycles. The number of pyridine rings is 1. The summed E-state index contributed by atoms with van der Waals surface area (Å²) in [6.45, 7) is 0. The summed E-state index contributed by atoms with van der Waals surface area (Å²) in [5.74, 6) is 5.40. The van der Waals surface area contributed by atoms with Crippen molar-refractivity contribution >= 4 is 33.1 Å². The van der Waals surface area contributed by atoms with E-state index in [9.17, 15) is 8.42 Å². The van der Waals surface area contributed by atoms with Crippen molar-refractivity contribution in [2.24, 2.45) is 5.84 Å². The first-order chi connectivity index (χ1) is 9.96. The minimum atomic E-state index is -3.84. The molecule has 9 heteroatoms. The Labute approximate surface area is 126 Å². The van der Waals surface area contributed by atoms with E-state index in [2.05, 4.69) is 15.1 Å². The number of nitrogen functional groups attached to an aromatic ring is 1.